The molecule has 112 valence electrons. The van der Waals surface area contributed by atoms with Crippen molar-refractivity contribution in [3.05, 3.63) is 70.5 Å². The number of hydrogen-bond donors (Lipinski definition) is 0. The number of halogens is 1. The minimum absolute atomic E-state index is 0.0409. The maximum atomic E-state index is 13.7. The average molecular weight is 295 g/mol. The number of carbonyl (C=O) groups is 1. The van der Waals surface area contributed by atoms with E-state index in [4.69, 9.17) is 0 Å². The summed E-state index contributed by atoms with van der Waals surface area (Å²) >= 11 is 0. The van der Waals surface area contributed by atoms with E-state index < -0.39 is 0 Å². The summed E-state index contributed by atoms with van der Waals surface area (Å²) in [6, 6.07) is 13.1. The van der Waals surface area contributed by atoms with Crippen LogP contribution in [0, 0.1) is 5.82 Å². The van der Waals surface area contributed by atoms with Crippen LogP contribution in [0.1, 0.15) is 46.4 Å². The zero-order valence-electron chi connectivity index (χ0n) is 12.8. The zero-order chi connectivity index (χ0) is 15.5. The topological polar surface area (TPSA) is 20.3 Å². The summed E-state index contributed by atoms with van der Waals surface area (Å²) in [4.78, 5) is 14.5. The predicted octanol–water partition coefficient (Wildman–Crippen LogP) is 3.86. The Morgan fingerprint density at radius 1 is 1.27 bits per heavy atom. The third-order valence-corrected chi connectivity index (χ3v) is 5.47. The summed E-state index contributed by atoms with van der Waals surface area (Å²) in [5, 5.41) is 0. The molecule has 0 radical (unpaired) electrons. The average Bonchev–Trinajstić information content (AvgIpc) is 2.88. The van der Waals surface area contributed by atoms with Gasteiger partial charge in [-0.25, -0.2) is 4.39 Å². The second kappa shape index (κ2) is 4.42. The molecule has 1 aliphatic carbocycles. The second-order valence-corrected chi connectivity index (χ2v) is 6.39. The summed E-state index contributed by atoms with van der Waals surface area (Å²) < 4.78 is 13.7. The summed E-state index contributed by atoms with van der Waals surface area (Å²) in [6.07, 6.45) is 1.82. The van der Waals surface area contributed by atoms with Crippen molar-refractivity contribution in [3.63, 3.8) is 0 Å². The van der Waals surface area contributed by atoms with Gasteiger partial charge in [-0.2, -0.15) is 0 Å². The summed E-state index contributed by atoms with van der Waals surface area (Å²) in [6.45, 7) is 2.16. The fourth-order valence-corrected chi connectivity index (χ4v) is 4.46. The maximum Gasteiger partial charge on any atom is 0.254 e. The Kier molecular flexibility index (Phi) is 2.71. The molecule has 2 aliphatic rings. The summed E-state index contributed by atoms with van der Waals surface area (Å²) in [5.74, 6) is -0.430. The highest BCUT2D eigenvalue weighted by molar-refractivity contribution is 5.98. The van der Waals surface area contributed by atoms with Crippen molar-refractivity contribution in [3.8, 4) is 0 Å². The van der Waals surface area contributed by atoms with E-state index in [2.05, 4.69) is 19.1 Å². The quantitative estimate of drug-likeness (QED) is 0.782. The summed E-state index contributed by atoms with van der Waals surface area (Å²) in [7, 11) is 1.84. The van der Waals surface area contributed by atoms with Crippen molar-refractivity contribution >= 4 is 5.91 Å². The number of benzene rings is 2. The number of nitrogens with zero attached hydrogens (tertiary/aromatic N) is 1. The van der Waals surface area contributed by atoms with E-state index in [0.29, 0.717) is 5.56 Å². The van der Waals surface area contributed by atoms with Crippen molar-refractivity contribution < 1.29 is 9.18 Å². The van der Waals surface area contributed by atoms with Gasteiger partial charge in [-0.1, -0.05) is 37.3 Å². The number of hydrogen-bond acceptors (Lipinski definition) is 1. The van der Waals surface area contributed by atoms with Crippen molar-refractivity contribution in [2.45, 2.75) is 31.2 Å². The van der Waals surface area contributed by atoms with Crippen LogP contribution < -0.4 is 0 Å². The molecule has 0 spiro atoms. The molecule has 2 nitrogen and oxygen atoms in total. The van der Waals surface area contributed by atoms with Crippen LogP contribution in [0.25, 0.3) is 0 Å². The van der Waals surface area contributed by atoms with Gasteiger partial charge in [0.05, 0.1) is 6.04 Å². The van der Waals surface area contributed by atoms with Crippen LogP contribution in [0.2, 0.25) is 0 Å². The van der Waals surface area contributed by atoms with Crippen molar-refractivity contribution in [1.29, 1.82) is 0 Å². The van der Waals surface area contributed by atoms with E-state index in [9.17, 15) is 9.18 Å². The van der Waals surface area contributed by atoms with Gasteiger partial charge in [0.15, 0.2) is 0 Å². The fourth-order valence-electron chi connectivity index (χ4n) is 4.46. The van der Waals surface area contributed by atoms with E-state index in [0.717, 1.165) is 18.4 Å². The molecule has 0 saturated carbocycles. The lowest BCUT2D eigenvalue weighted by atomic mass is 9.68. The molecule has 0 bridgehead atoms. The standard InChI is InChI=1S/C19H18FNO/c1-3-19-11-12-6-4-5-7-14(12)17(19)21(2)18(22)15-10-13(20)8-9-16(15)19/h4-10,17H,3,11H2,1-2H3/t17-,19-/m1/s1. The van der Waals surface area contributed by atoms with Crippen LogP contribution in [0.15, 0.2) is 42.5 Å². The lowest BCUT2D eigenvalue weighted by molar-refractivity contribution is 0.0591. The molecule has 3 heteroatoms. The number of rotatable bonds is 1. The minimum atomic E-state index is -0.347. The van der Waals surface area contributed by atoms with Gasteiger partial charge >= 0.3 is 0 Å². The number of fused-ring (bicyclic) bond motifs is 5. The van der Waals surface area contributed by atoms with Gasteiger partial charge in [0.25, 0.3) is 5.91 Å². The Morgan fingerprint density at radius 3 is 2.82 bits per heavy atom. The molecule has 0 saturated heterocycles. The molecule has 0 unspecified atom stereocenters. The Bertz CT molecular complexity index is 785. The molecule has 2 aromatic rings. The molecule has 2 aromatic carbocycles. The van der Waals surface area contributed by atoms with E-state index >= 15 is 0 Å². The molecule has 4 rings (SSSR count). The third-order valence-electron chi connectivity index (χ3n) is 5.47. The van der Waals surface area contributed by atoms with Crippen LogP contribution in [0.3, 0.4) is 0 Å². The third kappa shape index (κ3) is 1.51. The molecule has 1 heterocycles. The highest BCUT2D eigenvalue weighted by atomic mass is 19.1. The smallest absolute Gasteiger partial charge is 0.254 e. The van der Waals surface area contributed by atoms with Crippen LogP contribution in [0.4, 0.5) is 4.39 Å². The summed E-state index contributed by atoms with van der Waals surface area (Å²) in [5.41, 5.74) is 3.91. The molecule has 0 N–H and O–H groups in total. The number of carbonyl (C=O) groups excluding carboxylic acids is 1. The first-order valence-electron chi connectivity index (χ1n) is 7.73. The number of amides is 1. The molecule has 2 atom stereocenters. The Morgan fingerprint density at radius 2 is 2.05 bits per heavy atom. The SMILES string of the molecule is CC[C@]12Cc3ccccc3[C@H]1N(C)C(=O)c1cc(F)ccc12. The molecule has 0 aromatic heterocycles. The lowest BCUT2D eigenvalue weighted by Gasteiger charge is -2.46. The Labute approximate surface area is 129 Å². The van der Waals surface area contributed by atoms with Crippen molar-refractivity contribution in [2.24, 2.45) is 0 Å². The lowest BCUT2D eigenvalue weighted by Crippen LogP contribution is -2.48. The largest absolute Gasteiger partial charge is 0.334 e. The fraction of sp³-hybridized carbons (Fsp3) is 0.316. The van der Waals surface area contributed by atoms with Gasteiger partial charge < -0.3 is 4.90 Å². The zero-order valence-corrected chi connectivity index (χ0v) is 12.8. The molecule has 0 fully saturated rings. The monoisotopic (exact) mass is 295 g/mol. The van der Waals surface area contributed by atoms with Crippen LogP contribution >= 0.6 is 0 Å². The van der Waals surface area contributed by atoms with Gasteiger partial charge in [0, 0.05) is 18.0 Å². The van der Waals surface area contributed by atoms with E-state index in [-0.39, 0.29) is 23.2 Å². The minimum Gasteiger partial charge on any atom is -0.334 e. The van der Waals surface area contributed by atoms with Gasteiger partial charge in [0.2, 0.25) is 0 Å². The van der Waals surface area contributed by atoms with Crippen molar-refractivity contribution in [1.82, 2.24) is 4.90 Å². The molecular formula is C19H18FNO. The maximum absolute atomic E-state index is 13.7. The highest BCUT2D eigenvalue weighted by Crippen LogP contribution is 2.55. The first kappa shape index (κ1) is 13.5. The van der Waals surface area contributed by atoms with Gasteiger partial charge in [-0.05, 0) is 41.7 Å². The van der Waals surface area contributed by atoms with Gasteiger partial charge in [0.1, 0.15) is 5.82 Å². The van der Waals surface area contributed by atoms with E-state index in [1.807, 2.05) is 25.2 Å². The van der Waals surface area contributed by atoms with Gasteiger partial charge in [-0.15, -0.1) is 0 Å². The Balaban J connectivity index is 2.02. The van der Waals surface area contributed by atoms with Crippen LogP contribution in [-0.4, -0.2) is 17.9 Å². The first-order chi connectivity index (χ1) is 10.6. The molecule has 1 amide bonds. The van der Waals surface area contributed by atoms with Crippen LogP contribution in [-0.2, 0) is 11.8 Å². The molecule has 22 heavy (non-hydrogen) atoms. The van der Waals surface area contributed by atoms with Gasteiger partial charge in [-0.3, -0.25) is 4.79 Å². The first-order valence-corrected chi connectivity index (χ1v) is 7.73. The normalized spacial score (nSPS) is 25.7. The van der Waals surface area contributed by atoms with Crippen LogP contribution in [0.5, 0.6) is 0 Å². The highest BCUT2D eigenvalue weighted by Gasteiger charge is 2.53. The van der Waals surface area contributed by atoms with Crippen molar-refractivity contribution in [2.75, 3.05) is 7.05 Å². The molecule has 1 aliphatic heterocycles. The second-order valence-electron chi connectivity index (χ2n) is 6.39. The number of likely N-dealkylation sites (N-methyl/N-ethyl adjacent to an activating group) is 1. The van der Waals surface area contributed by atoms with E-state index in [1.165, 1.54) is 23.3 Å². The Hall–Kier alpha value is -2.16. The predicted molar refractivity (Wildman–Crippen MR) is 83.3 cm³/mol. The van der Waals surface area contributed by atoms with E-state index in [1.54, 1.807) is 4.90 Å². The molecular weight excluding hydrogens is 277 g/mol.